The summed E-state index contributed by atoms with van der Waals surface area (Å²) in [5.41, 5.74) is 0. The van der Waals surface area contributed by atoms with Gasteiger partial charge in [0.2, 0.25) is 0 Å². The van der Waals surface area contributed by atoms with Crippen LogP contribution in [-0.2, 0) is 34.1 Å². The molecule has 0 unspecified atom stereocenters. The SMILES string of the molecule is C1CCCC1.C1CCCC1.CCCCCCCCCC1CCCC1.OCCCCCCCCC1CCCC1.[Fe].[Fe]. The molecule has 3 heteroatoms. The fourth-order valence-corrected chi connectivity index (χ4v) is 7.01. The minimum absolute atomic E-state index is 0. The van der Waals surface area contributed by atoms with E-state index in [0.717, 1.165) is 18.3 Å². The van der Waals surface area contributed by atoms with E-state index in [2.05, 4.69) is 6.92 Å². The third kappa shape index (κ3) is 30.5. The quantitative estimate of drug-likeness (QED) is 0.131. The third-order valence-corrected chi connectivity index (χ3v) is 9.69. The van der Waals surface area contributed by atoms with E-state index in [0.29, 0.717) is 6.61 Å². The molecule has 4 aliphatic carbocycles. The molecule has 4 saturated carbocycles. The molecule has 1 N–H and O–H groups in total. The molecule has 0 bridgehead atoms. The molecule has 40 heavy (non-hydrogen) atoms. The molecule has 0 heterocycles. The summed E-state index contributed by atoms with van der Waals surface area (Å²) in [7, 11) is 0. The predicted molar refractivity (Wildman–Crippen MR) is 172 cm³/mol. The van der Waals surface area contributed by atoms with Gasteiger partial charge in [0.25, 0.3) is 0 Å². The summed E-state index contributed by atoms with van der Waals surface area (Å²) >= 11 is 0. The zero-order valence-corrected chi connectivity index (χ0v) is 29.6. The maximum absolute atomic E-state index is 8.61. The second-order valence-electron chi connectivity index (χ2n) is 13.4. The van der Waals surface area contributed by atoms with Crippen molar-refractivity contribution in [3.8, 4) is 0 Å². The van der Waals surface area contributed by atoms with E-state index in [-0.39, 0.29) is 34.1 Å². The molecule has 0 radical (unpaired) electrons. The molecular formula is C37H74Fe2O. The molecule has 4 aliphatic rings. The van der Waals surface area contributed by atoms with Gasteiger partial charge in [-0.05, 0) is 18.3 Å². The first-order valence-corrected chi connectivity index (χ1v) is 18.5. The van der Waals surface area contributed by atoms with Crippen LogP contribution in [0.2, 0.25) is 0 Å². The Labute approximate surface area is 275 Å². The van der Waals surface area contributed by atoms with Crippen LogP contribution in [0.25, 0.3) is 0 Å². The normalized spacial score (nSPS) is 18.4. The van der Waals surface area contributed by atoms with E-state index < -0.39 is 0 Å². The van der Waals surface area contributed by atoms with Gasteiger partial charge in [-0.2, -0.15) is 0 Å². The van der Waals surface area contributed by atoms with Crippen molar-refractivity contribution in [2.24, 2.45) is 11.8 Å². The Kier molecular flexibility index (Phi) is 39.0. The van der Waals surface area contributed by atoms with Crippen molar-refractivity contribution in [3.63, 3.8) is 0 Å². The van der Waals surface area contributed by atoms with E-state index >= 15 is 0 Å². The molecular weight excluding hydrogens is 572 g/mol. The summed E-state index contributed by atoms with van der Waals surface area (Å²) in [6.07, 6.45) is 48.2. The van der Waals surface area contributed by atoms with Crippen molar-refractivity contribution < 1.29 is 39.2 Å². The molecule has 0 aromatic rings. The maximum atomic E-state index is 8.61. The van der Waals surface area contributed by atoms with Crippen LogP contribution in [0.1, 0.15) is 219 Å². The first-order chi connectivity index (χ1) is 18.9. The van der Waals surface area contributed by atoms with Crippen LogP contribution >= 0.6 is 0 Å². The third-order valence-electron chi connectivity index (χ3n) is 9.69. The monoisotopic (exact) mass is 646 g/mol. The van der Waals surface area contributed by atoms with Crippen LogP contribution in [0, 0.1) is 11.8 Å². The van der Waals surface area contributed by atoms with Crippen LogP contribution in [0.4, 0.5) is 0 Å². The van der Waals surface area contributed by atoms with Crippen molar-refractivity contribution in [1.82, 2.24) is 0 Å². The molecule has 4 rings (SSSR count). The topological polar surface area (TPSA) is 20.2 Å². The van der Waals surface area contributed by atoms with E-state index in [9.17, 15) is 0 Å². The Bertz CT molecular complexity index is 369. The second-order valence-corrected chi connectivity index (χ2v) is 13.4. The Morgan fingerprint density at radius 1 is 0.375 bits per heavy atom. The average molecular weight is 647 g/mol. The van der Waals surface area contributed by atoms with Gasteiger partial charge in [-0.15, -0.1) is 0 Å². The van der Waals surface area contributed by atoms with Gasteiger partial charge in [-0.25, -0.2) is 0 Å². The fourth-order valence-electron chi connectivity index (χ4n) is 7.01. The van der Waals surface area contributed by atoms with Gasteiger partial charge in [0.05, 0.1) is 0 Å². The number of aliphatic hydroxyl groups excluding tert-OH is 1. The molecule has 0 aliphatic heterocycles. The van der Waals surface area contributed by atoms with Crippen LogP contribution in [0.3, 0.4) is 0 Å². The Morgan fingerprint density at radius 2 is 0.650 bits per heavy atom. The standard InChI is InChI=1S/C14H28.C13H26O.2C5H10.2Fe/c1-2-3-4-5-6-7-8-11-14-12-9-10-13-14;14-12-8-4-2-1-3-5-9-13-10-6-7-11-13;2*1-2-4-5-3-1;;/h14H,2-13H2,1H3;13-14H,1-12H2;2*1-5H2;;. The van der Waals surface area contributed by atoms with Crippen molar-refractivity contribution in [2.45, 2.75) is 219 Å². The van der Waals surface area contributed by atoms with E-state index in [4.69, 9.17) is 5.11 Å². The minimum Gasteiger partial charge on any atom is -0.396 e. The molecule has 0 aromatic carbocycles. The van der Waals surface area contributed by atoms with Crippen LogP contribution < -0.4 is 0 Å². The van der Waals surface area contributed by atoms with Gasteiger partial charge in [0, 0.05) is 40.7 Å². The average Bonchev–Trinajstić information content (AvgIpc) is 3.77. The first-order valence-electron chi connectivity index (χ1n) is 18.5. The summed E-state index contributed by atoms with van der Waals surface area (Å²) in [6, 6.07) is 0. The minimum atomic E-state index is 0. The molecule has 0 aromatic heterocycles. The van der Waals surface area contributed by atoms with Crippen molar-refractivity contribution >= 4 is 0 Å². The second kappa shape index (κ2) is 36.2. The zero-order valence-electron chi connectivity index (χ0n) is 27.4. The zero-order chi connectivity index (χ0) is 27.2. The summed E-state index contributed by atoms with van der Waals surface area (Å²) in [5, 5.41) is 8.61. The summed E-state index contributed by atoms with van der Waals surface area (Å²) in [6.45, 7) is 2.67. The number of hydrogen-bond donors (Lipinski definition) is 1. The van der Waals surface area contributed by atoms with E-state index in [1.807, 2.05) is 0 Å². The molecule has 244 valence electrons. The number of aliphatic hydroxyl groups is 1. The number of hydrogen-bond acceptors (Lipinski definition) is 1. The van der Waals surface area contributed by atoms with Gasteiger partial charge in [0.15, 0.2) is 0 Å². The molecule has 1 nitrogen and oxygen atoms in total. The molecule has 0 saturated heterocycles. The summed E-state index contributed by atoms with van der Waals surface area (Å²) in [4.78, 5) is 0. The van der Waals surface area contributed by atoms with Crippen LogP contribution in [0.5, 0.6) is 0 Å². The summed E-state index contributed by atoms with van der Waals surface area (Å²) < 4.78 is 0. The van der Waals surface area contributed by atoms with Gasteiger partial charge in [0.1, 0.15) is 0 Å². The molecule has 0 atom stereocenters. The summed E-state index contributed by atoms with van der Waals surface area (Å²) in [5.74, 6) is 2.19. The van der Waals surface area contributed by atoms with Gasteiger partial charge < -0.3 is 5.11 Å². The van der Waals surface area contributed by atoms with Gasteiger partial charge in [-0.3, -0.25) is 0 Å². The Balaban J connectivity index is 0. The molecule has 4 fully saturated rings. The van der Waals surface area contributed by atoms with Gasteiger partial charge in [-0.1, -0.05) is 212 Å². The van der Waals surface area contributed by atoms with E-state index in [1.165, 1.54) is 205 Å². The Morgan fingerprint density at radius 3 is 0.950 bits per heavy atom. The largest absolute Gasteiger partial charge is 0.396 e. The molecule has 0 amide bonds. The van der Waals surface area contributed by atoms with Crippen molar-refractivity contribution in [3.05, 3.63) is 0 Å². The van der Waals surface area contributed by atoms with Gasteiger partial charge >= 0.3 is 0 Å². The number of rotatable bonds is 16. The van der Waals surface area contributed by atoms with E-state index in [1.54, 1.807) is 0 Å². The van der Waals surface area contributed by atoms with Crippen LogP contribution in [-0.4, -0.2) is 11.7 Å². The van der Waals surface area contributed by atoms with Crippen LogP contribution in [0.15, 0.2) is 0 Å². The molecule has 0 spiro atoms. The Hall–Kier alpha value is 0.999. The smallest absolute Gasteiger partial charge is 0.0431 e. The van der Waals surface area contributed by atoms with Crippen molar-refractivity contribution in [1.29, 1.82) is 0 Å². The first kappa shape index (κ1) is 43.1. The maximum Gasteiger partial charge on any atom is 0.0431 e. The number of unbranched alkanes of at least 4 members (excludes halogenated alkanes) is 11. The fraction of sp³-hybridized carbons (Fsp3) is 1.00. The predicted octanol–water partition coefficient (Wildman–Crippen LogP) is 13.1. The van der Waals surface area contributed by atoms with Crippen molar-refractivity contribution in [2.75, 3.05) is 6.61 Å².